The van der Waals surface area contributed by atoms with Crippen LogP contribution in [0.1, 0.15) is 92.1 Å². The van der Waals surface area contributed by atoms with Gasteiger partial charge in [-0.2, -0.15) is 0 Å². The zero-order chi connectivity index (χ0) is 42.8. The number of aliphatic hydroxyl groups excluding tert-OH is 1. The van der Waals surface area contributed by atoms with Crippen LogP contribution in [-0.2, 0) is 32.2 Å². The number of benzene rings is 5. The first-order valence-electron chi connectivity index (χ1n) is 21.8. The van der Waals surface area contributed by atoms with Crippen molar-refractivity contribution in [2.45, 2.75) is 89.1 Å². The molecule has 0 spiro atoms. The number of nitrogen functional groups attached to an aromatic ring is 1. The van der Waals surface area contributed by atoms with E-state index >= 15 is 0 Å². The van der Waals surface area contributed by atoms with Gasteiger partial charge in [-0.25, -0.2) is 4.79 Å². The number of para-hydroxylation sites is 4. The molecule has 6 aromatic rings. The number of unbranched alkanes of at least 4 members (excludes halogenated alkanes) is 2. The van der Waals surface area contributed by atoms with Gasteiger partial charge in [-0.15, -0.1) is 0 Å². The lowest BCUT2D eigenvalue weighted by molar-refractivity contribution is -0.253. The third kappa shape index (κ3) is 10.7. The fourth-order valence-electron chi connectivity index (χ4n) is 8.67. The Morgan fingerprint density at radius 3 is 2.26 bits per heavy atom. The Kier molecular flexibility index (Phi) is 13.9. The van der Waals surface area contributed by atoms with Crippen LogP contribution < -0.4 is 22.1 Å². The maximum atomic E-state index is 12.9. The van der Waals surface area contributed by atoms with E-state index in [-0.39, 0.29) is 42.4 Å². The van der Waals surface area contributed by atoms with Gasteiger partial charge < -0.3 is 40.8 Å². The smallest absolute Gasteiger partial charge is 0.326 e. The molecule has 0 radical (unpaired) electrons. The number of hydrogen-bond acceptors (Lipinski definition) is 8. The standard InChI is InChI=1S/C50H56N6O6/c51-42-11-4-5-12-43(42)53-48(59)16-3-1-2-15-47(58)52-31-35-9-8-10-39(29-35)36-21-23-38(24-22-36)49-61-41(30-46(62-49)37-19-17-34(33-57)18-20-37)32-55-27-25-40(26-28-55)56-45-14-7-6-13-44(45)54-50(56)60/h4-14,17-24,29,40-41,46,49,57H,1-3,15-16,25-28,30-33,51H2,(H,52,58)(H,53,59)(H,54,60)/t41-,46+,49+/m0/s1. The molecule has 1 aromatic heterocycles. The van der Waals surface area contributed by atoms with Gasteiger partial charge in [0.05, 0.1) is 41.2 Å². The van der Waals surface area contributed by atoms with E-state index in [1.165, 1.54) is 0 Å². The Labute approximate surface area is 362 Å². The van der Waals surface area contributed by atoms with Crippen LogP contribution >= 0.6 is 0 Å². The molecule has 12 heteroatoms. The molecule has 12 nitrogen and oxygen atoms in total. The Morgan fingerprint density at radius 1 is 0.758 bits per heavy atom. The summed E-state index contributed by atoms with van der Waals surface area (Å²) in [5, 5.41) is 15.5. The Bertz CT molecular complexity index is 2490. The highest BCUT2D eigenvalue weighted by Crippen LogP contribution is 2.39. The second-order valence-corrected chi connectivity index (χ2v) is 16.5. The number of ether oxygens (including phenoxy) is 2. The van der Waals surface area contributed by atoms with E-state index < -0.39 is 6.29 Å². The van der Waals surface area contributed by atoms with E-state index in [1.54, 1.807) is 12.1 Å². The van der Waals surface area contributed by atoms with Gasteiger partial charge in [-0.1, -0.05) is 97.4 Å². The molecule has 322 valence electrons. The van der Waals surface area contributed by atoms with Crippen molar-refractivity contribution in [2.75, 3.05) is 30.7 Å². The van der Waals surface area contributed by atoms with Crippen LogP contribution in [0.15, 0.2) is 126 Å². The van der Waals surface area contributed by atoms with Gasteiger partial charge in [0.1, 0.15) is 0 Å². The number of fused-ring (bicyclic) bond motifs is 1. The summed E-state index contributed by atoms with van der Waals surface area (Å²) in [4.78, 5) is 43.3. The second-order valence-electron chi connectivity index (χ2n) is 16.5. The van der Waals surface area contributed by atoms with Crippen LogP contribution in [0.25, 0.3) is 22.2 Å². The number of likely N-dealkylation sites (tertiary alicyclic amines) is 1. The summed E-state index contributed by atoms with van der Waals surface area (Å²) < 4.78 is 15.3. The number of carbonyl (C=O) groups is 2. The molecule has 6 N–H and O–H groups in total. The van der Waals surface area contributed by atoms with Gasteiger partial charge in [0.15, 0.2) is 6.29 Å². The number of rotatable bonds is 16. The van der Waals surface area contributed by atoms with Gasteiger partial charge in [0, 0.05) is 57.0 Å². The quantitative estimate of drug-likeness (QED) is 0.0482. The summed E-state index contributed by atoms with van der Waals surface area (Å²) in [6.07, 6.45) is 4.59. The first kappa shape index (κ1) is 42.6. The third-order valence-corrected chi connectivity index (χ3v) is 12.1. The molecule has 0 aliphatic carbocycles. The molecule has 0 bridgehead atoms. The highest BCUT2D eigenvalue weighted by Gasteiger charge is 2.34. The van der Waals surface area contributed by atoms with E-state index in [2.05, 4.69) is 56.9 Å². The number of nitrogens with one attached hydrogen (secondary N) is 3. The molecule has 62 heavy (non-hydrogen) atoms. The number of aliphatic hydroxyl groups is 1. The van der Waals surface area contributed by atoms with Crippen molar-refractivity contribution < 1.29 is 24.2 Å². The van der Waals surface area contributed by atoms with Crippen LogP contribution in [0.5, 0.6) is 0 Å². The van der Waals surface area contributed by atoms with Crippen LogP contribution in [-0.4, -0.2) is 57.1 Å². The number of amides is 2. The largest absolute Gasteiger partial charge is 0.397 e. The molecule has 5 aromatic carbocycles. The molecule has 3 heterocycles. The molecule has 2 aliphatic heterocycles. The van der Waals surface area contributed by atoms with E-state index in [0.29, 0.717) is 50.0 Å². The predicted octanol–water partition coefficient (Wildman–Crippen LogP) is 8.16. The molecule has 0 unspecified atom stereocenters. The lowest BCUT2D eigenvalue weighted by atomic mass is 9.98. The number of H-pyrrole nitrogens is 1. The van der Waals surface area contributed by atoms with Gasteiger partial charge in [0.25, 0.3) is 0 Å². The Balaban J connectivity index is 0.845. The number of hydrogen-bond donors (Lipinski definition) is 5. The van der Waals surface area contributed by atoms with Crippen LogP contribution in [0.3, 0.4) is 0 Å². The summed E-state index contributed by atoms with van der Waals surface area (Å²) >= 11 is 0. The monoisotopic (exact) mass is 836 g/mol. The summed E-state index contributed by atoms with van der Waals surface area (Å²) in [6, 6.07) is 39.7. The third-order valence-electron chi connectivity index (χ3n) is 12.1. The number of aromatic nitrogens is 2. The maximum Gasteiger partial charge on any atom is 0.326 e. The predicted molar refractivity (Wildman–Crippen MR) is 242 cm³/mol. The topological polar surface area (TPSA) is 164 Å². The SMILES string of the molecule is Nc1ccccc1NC(=O)CCCCCC(=O)NCc1cccc(-c2ccc([C@@H]3O[C@H](CN4CCC(n5c(=O)[nH]c6ccccc65)CC4)C[C@H](c4ccc(CO)cc4)O3)cc2)c1. The Morgan fingerprint density at radius 2 is 1.48 bits per heavy atom. The number of piperidine rings is 1. The molecule has 2 aliphatic rings. The lowest BCUT2D eigenvalue weighted by Gasteiger charge is -2.40. The minimum Gasteiger partial charge on any atom is -0.397 e. The number of nitrogens with two attached hydrogens (primary N) is 1. The fraction of sp³-hybridized carbons (Fsp3) is 0.340. The van der Waals surface area contributed by atoms with Gasteiger partial charge in [-0.05, 0) is 83.8 Å². The fourth-order valence-corrected chi connectivity index (χ4v) is 8.67. The first-order chi connectivity index (χ1) is 30.3. The van der Waals surface area contributed by atoms with Crippen LogP contribution in [0, 0.1) is 0 Å². The van der Waals surface area contributed by atoms with Gasteiger partial charge >= 0.3 is 5.69 Å². The number of imidazole rings is 1. The molecule has 2 amide bonds. The van der Waals surface area contributed by atoms with Crippen molar-refractivity contribution in [3.63, 3.8) is 0 Å². The van der Waals surface area contributed by atoms with Crippen molar-refractivity contribution in [1.29, 1.82) is 0 Å². The van der Waals surface area contributed by atoms with Crippen molar-refractivity contribution in [2.24, 2.45) is 0 Å². The van der Waals surface area contributed by atoms with E-state index in [9.17, 15) is 19.5 Å². The molecular formula is C50H56N6O6. The highest BCUT2D eigenvalue weighted by molar-refractivity contribution is 5.93. The average Bonchev–Trinajstić information content (AvgIpc) is 3.64. The Hall–Kier alpha value is -6.05. The normalized spacial score (nSPS) is 18.4. The number of carbonyl (C=O) groups excluding carboxylic acids is 2. The van der Waals surface area contributed by atoms with Crippen LogP contribution in [0.2, 0.25) is 0 Å². The molecule has 2 fully saturated rings. The van der Waals surface area contributed by atoms with Crippen molar-refractivity contribution in [3.8, 4) is 11.1 Å². The highest BCUT2D eigenvalue weighted by atomic mass is 16.7. The lowest BCUT2D eigenvalue weighted by Crippen LogP contribution is -2.43. The van der Waals surface area contributed by atoms with Crippen molar-refractivity contribution in [1.82, 2.24) is 19.8 Å². The minimum atomic E-state index is -0.569. The number of aromatic amines is 1. The second kappa shape index (κ2) is 20.2. The molecule has 2 saturated heterocycles. The van der Waals surface area contributed by atoms with E-state index in [0.717, 1.165) is 83.3 Å². The van der Waals surface area contributed by atoms with Crippen LogP contribution in [0.4, 0.5) is 11.4 Å². The zero-order valence-corrected chi connectivity index (χ0v) is 35.0. The molecule has 8 rings (SSSR count). The van der Waals surface area contributed by atoms with E-state index in [4.69, 9.17) is 15.2 Å². The molecular weight excluding hydrogens is 781 g/mol. The average molecular weight is 837 g/mol. The van der Waals surface area contributed by atoms with Crippen molar-refractivity contribution in [3.05, 3.63) is 154 Å². The minimum absolute atomic E-state index is 0.0123. The zero-order valence-electron chi connectivity index (χ0n) is 35.0. The maximum absolute atomic E-state index is 12.9. The molecule has 0 saturated carbocycles. The summed E-state index contributed by atoms with van der Waals surface area (Å²) in [5.41, 5.74) is 14.8. The summed E-state index contributed by atoms with van der Waals surface area (Å²) in [5.74, 6) is -0.0928. The summed E-state index contributed by atoms with van der Waals surface area (Å²) in [7, 11) is 0. The van der Waals surface area contributed by atoms with Gasteiger partial charge in [-0.3, -0.25) is 14.2 Å². The van der Waals surface area contributed by atoms with Gasteiger partial charge in [0.2, 0.25) is 11.8 Å². The first-order valence-corrected chi connectivity index (χ1v) is 21.8. The number of anilines is 2. The number of nitrogens with zero attached hydrogens (tertiary/aromatic N) is 2. The van der Waals surface area contributed by atoms with E-state index in [1.807, 2.05) is 77.4 Å². The molecule has 3 atom stereocenters. The van der Waals surface area contributed by atoms with Crippen molar-refractivity contribution >= 4 is 34.2 Å². The summed E-state index contributed by atoms with van der Waals surface area (Å²) in [6.45, 7) is 2.90.